The van der Waals surface area contributed by atoms with Gasteiger partial charge in [0.2, 0.25) is 20.0 Å². The number of hydrogen-bond acceptors (Lipinski definition) is 4. The standard InChI is InChI=1S/C20H22Cl2N2O4S2/c1-3-15(13-23-29(25,26)19-9-5-17(21)6-10-19)16(4-2)14-24-30(27,28)20-11-7-18(22)8-12-20/h3-12,15-16,23-24H,1-2,13-14H2/t15-,16-/m1/s1. The molecule has 30 heavy (non-hydrogen) atoms. The molecule has 10 heteroatoms. The molecule has 2 atom stereocenters. The van der Waals surface area contributed by atoms with E-state index in [0.29, 0.717) is 10.0 Å². The lowest BCUT2D eigenvalue weighted by molar-refractivity contribution is 0.457. The molecule has 0 unspecified atom stereocenters. The van der Waals surface area contributed by atoms with E-state index in [1.54, 1.807) is 12.2 Å². The summed E-state index contributed by atoms with van der Waals surface area (Å²) in [6, 6.07) is 11.5. The molecule has 0 aliphatic carbocycles. The van der Waals surface area contributed by atoms with Gasteiger partial charge in [-0.05, 0) is 60.4 Å². The van der Waals surface area contributed by atoms with Crippen molar-refractivity contribution in [2.75, 3.05) is 13.1 Å². The fraction of sp³-hybridized carbons (Fsp3) is 0.200. The average Bonchev–Trinajstić information content (AvgIpc) is 2.71. The maximum Gasteiger partial charge on any atom is 0.240 e. The molecule has 0 aliphatic heterocycles. The Morgan fingerprint density at radius 3 is 1.27 bits per heavy atom. The van der Waals surface area contributed by atoms with Crippen molar-refractivity contribution in [2.24, 2.45) is 11.8 Å². The number of hydrogen-bond donors (Lipinski definition) is 2. The smallest absolute Gasteiger partial charge is 0.211 e. The van der Waals surface area contributed by atoms with Crippen LogP contribution in [-0.2, 0) is 20.0 Å². The minimum atomic E-state index is -3.76. The van der Waals surface area contributed by atoms with Gasteiger partial charge in [0.25, 0.3) is 0 Å². The highest BCUT2D eigenvalue weighted by molar-refractivity contribution is 7.89. The Balaban J connectivity index is 2.04. The summed E-state index contributed by atoms with van der Waals surface area (Å²) >= 11 is 11.6. The first kappa shape index (κ1) is 24.6. The Bertz CT molecular complexity index is 995. The number of benzene rings is 2. The van der Waals surface area contributed by atoms with Crippen LogP contribution >= 0.6 is 23.2 Å². The van der Waals surface area contributed by atoms with Crippen LogP contribution in [-0.4, -0.2) is 29.9 Å². The molecule has 0 heterocycles. The van der Waals surface area contributed by atoms with E-state index in [2.05, 4.69) is 22.6 Å². The number of nitrogens with one attached hydrogen (secondary N) is 2. The lowest BCUT2D eigenvalue weighted by Gasteiger charge is -2.22. The normalized spacial score (nSPS) is 14.1. The highest BCUT2D eigenvalue weighted by Crippen LogP contribution is 2.19. The second kappa shape index (κ2) is 10.6. The summed E-state index contributed by atoms with van der Waals surface area (Å²) in [5.74, 6) is -0.782. The topological polar surface area (TPSA) is 92.3 Å². The van der Waals surface area contributed by atoms with E-state index in [-0.39, 0.29) is 22.9 Å². The van der Waals surface area contributed by atoms with E-state index in [4.69, 9.17) is 23.2 Å². The van der Waals surface area contributed by atoms with E-state index in [9.17, 15) is 16.8 Å². The fourth-order valence-electron chi connectivity index (χ4n) is 2.63. The second-order valence-corrected chi connectivity index (χ2v) is 10.8. The molecule has 0 radical (unpaired) electrons. The zero-order chi connectivity index (χ0) is 22.4. The molecule has 0 fully saturated rings. The van der Waals surface area contributed by atoms with Crippen molar-refractivity contribution in [1.82, 2.24) is 9.44 Å². The van der Waals surface area contributed by atoms with Crippen LogP contribution in [0.2, 0.25) is 10.0 Å². The Labute approximate surface area is 187 Å². The Morgan fingerprint density at radius 1 is 0.700 bits per heavy atom. The van der Waals surface area contributed by atoms with Crippen molar-refractivity contribution in [3.05, 3.63) is 83.9 Å². The van der Waals surface area contributed by atoms with Crippen molar-refractivity contribution < 1.29 is 16.8 Å². The summed E-state index contributed by atoms with van der Waals surface area (Å²) in [7, 11) is -7.51. The summed E-state index contributed by atoms with van der Waals surface area (Å²) in [5.41, 5.74) is 0. The molecule has 0 saturated carbocycles. The summed E-state index contributed by atoms with van der Waals surface area (Å²) in [6.07, 6.45) is 3.13. The molecule has 2 rings (SSSR count). The van der Waals surface area contributed by atoms with E-state index >= 15 is 0 Å². The summed E-state index contributed by atoms with van der Waals surface area (Å²) in [4.78, 5) is 0.154. The minimum absolute atomic E-state index is 0.0216. The van der Waals surface area contributed by atoms with Crippen molar-refractivity contribution in [1.29, 1.82) is 0 Å². The number of rotatable bonds is 11. The van der Waals surface area contributed by atoms with Gasteiger partial charge in [-0.3, -0.25) is 0 Å². The second-order valence-electron chi connectivity index (χ2n) is 6.41. The lowest BCUT2D eigenvalue weighted by Crippen LogP contribution is -2.36. The third kappa shape index (κ3) is 6.66. The Kier molecular flexibility index (Phi) is 8.66. The highest BCUT2D eigenvalue weighted by Gasteiger charge is 2.22. The average molecular weight is 489 g/mol. The molecule has 0 saturated heterocycles. The maximum absolute atomic E-state index is 12.5. The predicted octanol–water partition coefficient (Wildman–Crippen LogP) is 3.85. The van der Waals surface area contributed by atoms with Gasteiger partial charge in [-0.1, -0.05) is 35.4 Å². The Hall–Kier alpha value is -1.68. The van der Waals surface area contributed by atoms with Gasteiger partial charge in [-0.15, -0.1) is 13.2 Å². The number of halogens is 2. The maximum atomic E-state index is 12.5. The first-order valence-electron chi connectivity index (χ1n) is 8.84. The molecule has 2 aromatic rings. The van der Waals surface area contributed by atoms with Gasteiger partial charge in [0.05, 0.1) is 9.79 Å². The van der Waals surface area contributed by atoms with E-state index in [0.717, 1.165) is 0 Å². The lowest BCUT2D eigenvalue weighted by atomic mass is 9.93. The van der Waals surface area contributed by atoms with Crippen LogP contribution in [0.3, 0.4) is 0 Å². The van der Waals surface area contributed by atoms with Gasteiger partial charge in [0.15, 0.2) is 0 Å². The molecule has 0 bridgehead atoms. The Morgan fingerprint density at radius 2 is 1.00 bits per heavy atom. The molecule has 0 spiro atoms. The molecule has 2 N–H and O–H groups in total. The van der Waals surface area contributed by atoms with Gasteiger partial charge in [-0.25, -0.2) is 26.3 Å². The van der Waals surface area contributed by atoms with Crippen LogP contribution in [0.1, 0.15) is 0 Å². The zero-order valence-corrected chi connectivity index (χ0v) is 19.1. The third-order valence-electron chi connectivity index (χ3n) is 4.42. The van der Waals surface area contributed by atoms with E-state index < -0.39 is 31.9 Å². The zero-order valence-electron chi connectivity index (χ0n) is 16.0. The molecular formula is C20H22Cl2N2O4S2. The van der Waals surface area contributed by atoms with Gasteiger partial charge < -0.3 is 0 Å². The van der Waals surface area contributed by atoms with E-state index in [1.165, 1.54) is 48.5 Å². The minimum Gasteiger partial charge on any atom is -0.211 e. The summed E-state index contributed by atoms with van der Waals surface area (Å²) in [6.45, 7) is 7.51. The largest absolute Gasteiger partial charge is 0.240 e. The van der Waals surface area contributed by atoms with Crippen LogP contribution in [0.4, 0.5) is 0 Å². The van der Waals surface area contributed by atoms with Crippen LogP contribution in [0.5, 0.6) is 0 Å². The molecule has 2 aromatic carbocycles. The van der Waals surface area contributed by atoms with Gasteiger partial charge in [0, 0.05) is 23.1 Å². The van der Waals surface area contributed by atoms with Gasteiger partial charge in [-0.2, -0.15) is 0 Å². The molecule has 0 aliphatic rings. The highest BCUT2D eigenvalue weighted by atomic mass is 35.5. The van der Waals surface area contributed by atoms with E-state index in [1.807, 2.05) is 0 Å². The van der Waals surface area contributed by atoms with Crippen LogP contribution in [0.25, 0.3) is 0 Å². The number of sulfonamides is 2. The molecule has 0 aromatic heterocycles. The third-order valence-corrected chi connectivity index (χ3v) is 7.80. The predicted molar refractivity (Wildman–Crippen MR) is 121 cm³/mol. The first-order valence-corrected chi connectivity index (χ1v) is 12.6. The van der Waals surface area contributed by atoms with Crippen molar-refractivity contribution in [3.8, 4) is 0 Å². The van der Waals surface area contributed by atoms with Crippen LogP contribution < -0.4 is 9.44 Å². The van der Waals surface area contributed by atoms with Crippen LogP contribution in [0.15, 0.2) is 83.6 Å². The van der Waals surface area contributed by atoms with Crippen molar-refractivity contribution in [3.63, 3.8) is 0 Å². The summed E-state index contributed by atoms with van der Waals surface area (Å²) < 4.78 is 54.9. The SMILES string of the molecule is C=C[C@H](CNS(=O)(=O)c1ccc(Cl)cc1)[C@H](C=C)CNS(=O)(=O)c1ccc(Cl)cc1. The van der Waals surface area contributed by atoms with Crippen molar-refractivity contribution in [2.45, 2.75) is 9.79 Å². The van der Waals surface area contributed by atoms with Gasteiger partial charge >= 0.3 is 0 Å². The quantitative estimate of drug-likeness (QED) is 0.469. The monoisotopic (exact) mass is 488 g/mol. The summed E-state index contributed by atoms with van der Waals surface area (Å²) in [5, 5.41) is 0.857. The molecule has 162 valence electrons. The fourth-order valence-corrected chi connectivity index (χ4v) is 5.02. The molecular weight excluding hydrogens is 467 g/mol. The molecule has 6 nitrogen and oxygen atoms in total. The van der Waals surface area contributed by atoms with Crippen molar-refractivity contribution >= 4 is 43.2 Å². The molecule has 0 amide bonds. The van der Waals surface area contributed by atoms with Gasteiger partial charge in [0.1, 0.15) is 0 Å². The van der Waals surface area contributed by atoms with Crippen LogP contribution in [0, 0.1) is 11.8 Å². The first-order chi connectivity index (χ1) is 14.1.